The fourth-order valence-electron chi connectivity index (χ4n) is 3.67. The van der Waals surface area contributed by atoms with Gasteiger partial charge in [0.25, 0.3) is 17.7 Å². The maximum atomic E-state index is 13.0. The molecule has 1 aromatic heterocycles. The summed E-state index contributed by atoms with van der Waals surface area (Å²) in [6.45, 7) is 4.41. The van der Waals surface area contributed by atoms with Crippen LogP contribution in [0.1, 0.15) is 37.2 Å². The van der Waals surface area contributed by atoms with Gasteiger partial charge in [0.15, 0.2) is 0 Å². The van der Waals surface area contributed by atoms with Crippen molar-refractivity contribution in [3.63, 3.8) is 0 Å². The van der Waals surface area contributed by atoms with E-state index in [0.717, 1.165) is 15.9 Å². The van der Waals surface area contributed by atoms with Crippen LogP contribution in [0.3, 0.4) is 0 Å². The van der Waals surface area contributed by atoms with Crippen LogP contribution in [-0.4, -0.2) is 58.6 Å². The number of para-hydroxylation sites is 1. The van der Waals surface area contributed by atoms with Crippen molar-refractivity contribution in [2.75, 3.05) is 19.0 Å². The Morgan fingerprint density at radius 3 is 2.62 bits per heavy atom. The van der Waals surface area contributed by atoms with Crippen LogP contribution in [0.5, 0.6) is 0 Å². The number of aromatic nitrogens is 1. The molecule has 2 heterocycles. The number of halogens is 1. The SMILES string of the molecule is CC(C)C[C@H](NC(=O)c1cc2ccccc2[nH]1)C(=O)NN(C[C@H]1CCNC1=O)C(=O)CCl. The molecule has 0 saturated carbocycles. The first kappa shape index (κ1) is 23.6. The number of H-pyrrole nitrogens is 1. The molecule has 0 unspecified atom stereocenters. The second-order valence-corrected chi connectivity index (χ2v) is 8.58. The number of amides is 4. The number of hydrogen-bond donors (Lipinski definition) is 4. The van der Waals surface area contributed by atoms with Gasteiger partial charge in [-0.15, -0.1) is 11.6 Å². The molecule has 9 nitrogen and oxygen atoms in total. The predicted molar refractivity (Wildman–Crippen MR) is 121 cm³/mol. The normalized spacial score (nSPS) is 16.6. The Morgan fingerprint density at radius 1 is 1.25 bits per heavy atom. The third-order valence-corrected chi connectivity index (χ3v) is 5.56. The highest BCUT2D eigenvalue weighted by Crippen LogP contribution is 2.16. The number of carbonyl (C=O) groups excluding carboxylic acids is 4. The van der Waals surface area contributed by atoms with E-state index in [1.807, 2.05) is 38.1 Å². The van der Waals surface area contributed by atoms with Crippen LogP contribution in [0, 0.1) is 11.8 Å². The van der Waals surface area contributed by atoms with Gasteiger partial charge in [0.1, 0.15) is 17.6 Å². The number of carbonyl (C=O) groups is 4. The van der Waals surface area contributed by atoms with Crippen molar-refractivity contribution in [2.24, 2.45) is 11.8 Å². The lowest BCUT2D eigenvalue weighted by Gasteiger charge is -2.28. The molecule has 0 aliphatic carbocycles. The van der Waals surface area contributed by atoms with Gasteiger partial charge in [-0.05, 0) is 30.9 Å². The van der Waals surface area contributed by atoms with Gasteiger partial charge in [-0.25, -0.2) is 0 Å². The Morgan fingerprint density at radius 2 is 2.00 bits per heavy atom. The van der Waals surface area contributed by atoms with E-state index in [-0.39, 0.29) is 24.2 Å². The summed E-state index contributed by atoms with van der Waals surface area (Å²) in [5.41, 5.74) is 3.71. The van der Waals surface area contributed by atoms with E-state index in [2.05, 4.69) is 21.0 Å². The van der Waals surface area contributed by atoms with Gasteiger partial charge in [0.2, 0.25) is 5.91 Å². The molecule has 2 aromatic rings. The van der Waals surface area contributed by atoms with E-state index in [4.69, 9.17) is 11.6 Å². The van der Waals surface area contributed by atoms with Crippen molar-refractivity contribution >= 4 is 46.1 Å². The van der Waals surface area contributed by atoms with Crippen molar-refractivity contribution in [3.8, 4) is 0 Å². The molecule has 3 rings (SSSR count). The first-order chi connectivity index (χ1) is 15.3. The number of alkyl halides is 1. The molecule has 0 bridgehead atoms. The molecule has 0 radical (unpaired) electrons. The minimum atomic E-state index is -0.878. The molecule has 1 aliphatic heterocycles. The van der Waals surface area contributed by atoms with Crippen LogP contribution < -0.4 is 16.1 Å². The summed E-state index contributed by atoms with van der Waals surface area (Å²) in [6.07, 6.45) is 0.929. The van der Waals surface area contributed by atoms with E-state index in [0.29, 0.717) is 25.1 Å². The summed E-state index contributed by atoms with van der Waals surface area (Å²) in [6, 6.07) is 8.33. The first-order valence-electron chi connectivity index (χ1n) is 10.6. The molecule has 172 valence electrons. The standard InChI is InChI=1S/C22H28ClN5O4/c1-13(2)9-17(26-21(31)18-10-14-5-3-4-6-16(14)25-18)22(32)27-28(19(29)11-23)12-15-7-8-24-20(15)30/h3-6,10,13,15,17,25H,7-9,11-12H2,1-2H3,(H,24,30)(H,26,31)(H,27,32)/t15-,17+/m1/s1. The second kappa shape index (κ2) is 10.5. The number of nitrogens with one attached hydrogen (secondary N) is 4. The Kier molecular flexibility index (Phi) is 7.74. The Labute approximate surface area is 191 Å². The largest absolute Gasteiger partial charge is 0.356 e. The number of fused-ring (bicyclic) bond motifs is 1. The van der Waals surface area contributed by atoms with Crippen LogP contribution >= 0.6 is 11.6 Å². The summed E-state index contributed by atoms with van der Waals surface area (Å²) in [5, 5.41) is 7.43. The maximum absolute atomic E-state index is 13.0. The van der Waals surface area contributed by atoms with Crippen molar-refractivity contribution in [1.82, 2.24) is 26.1 Å². The van der Waals surface area contributed by atoms with Crippen LogP contribution in [0.25, 0.3) is 10.9 Å². The molecule has 1 fully saturated rings. The first-order valence-corrected chi connectivity index (χ1v) is 11.1. The second-order valence-electron chi connectivity index (χ2n) is 8.32. The molecule has 10 heteroatoms. The topological polar surface area (TPSA) is 123 Å². The van der Waals surface area contributed by atoms with Crippen LogP contribution in [0.2, 0.25) is 0 Å². The van der Waals surface area contributed by atoms with Gasteiger partial charge in [0.05, 0.1) is 12.5 Å². The highest BCUT2D eigenvalue weighted by Gasteiger charge is 2.31. The van der Waals surface area contributed by atoms with E-state index in [1.165, 1.54) is 0 Å². The molecule has 4 N–H and O–H groups in total. The van der Waals surface area contributed by atoms with Crippen LogP contribution in [0.4, 0.5) is 0 Å². The van der Waals surface area contributed by atoms with Gasteiger partial charge < -0.3 is 15.6 Å². The highest BCUT2D eigenvalue weighted by atomic mass is 35.5. The van der Waals surface area contributed by atoms with E-state index < -0.39 is 29.7 Å². The number of aromatic amines is 1. The van der Waals surface area contributed by atoms with E-state index in [9.17, 15) is 19.2 Å². The van der Waals surface area contributed by atoms with Gasteiger partial charge in [-0.2, -0.15) is 0 Å². The fourth-order valence-corrected chi connectivity index (χ4v) is 3.81. The molecule has 1 saturated heterocycles. The molecular weight excluding hydrogens is 434 g/mol. The molecular formula is C22H28ClN5O4. The molecule has 1 aliphatic rings. The average molecular weight is 462 g/mol. The fraction of sp³-hybridized carbons (Fsp3) is 0.455. The summed E-state index contributed by atoms with van der Waals surface area (Å²) in [5.74, 6) is -2.32. The molecule has 32 heavy (non-hydrogen) atoms. The summed E-state index contributed by atoms with van der Waals surface area (Å²) in [4.78, 5) is 53.1. The zero-order chi connectivity index (χ0) is 23.3. The molecule has 2 atom stereocenters. The van der Waals surface area contributed by atoms with Crippen molar-refractivity contribution in [2.45, 2.75) is 32.7 Å². The predicted octanol–water partition coefficient (Wildman–Crippen LogP) is 1.55. The Bertz CT molecular complexity index is 972. The summed E-state index contributed by atoms with van der Waals surface area (Å²) < 4.78 is 0. The molecule has 1 aromatic carbocycles. The number of hydrogen-bond acceptors (Lipinski definition) is 4. The van der Waals surface area contributed by atoms with Gasteiger partial charge in [-0.3, -0.25) is 29.6 Å². The quantitative estimate of drug-likeness (QED) is 0.351. The zero-order valence-corrected chi connectivity index (χ0v) is 18.9. The minimum Gasteiger partial charge on any atom is -0.356 e. The number of rotatable bonds is 8. The number of hydrazine groups is 1. The summed E-state index contributed by atoms with van der Waals surface area (Å²) in [7, 11) is 0. The molecule has 4 amide bonds. The lowest BCUT2D eigenvalue weighted by atomic mass is 10.0. The maximum Gasteiger partial charge on any atom is 0.268 e. The lowest BCUT2D eigenvalue weighted by Crippen LogP contribution is -2.56. The number of benzene rings is 1. The van der Waals surface area contributed by atoms with E-state index >= 15 is 0 Å². The lowest BCUT2D eigenvalue weighted by molar-refractivity contribution is -0.142. The Hall–Kier alpha value is -3.07. The number of nitrogens with zero attached hydrogens (tertiary/aromatic N) is 1. The average Bonchev–Trinajstić information content (AvgIpc) is 3.37. The van der Waals surface area contributed by atoms with Gasteiger partial charge >= 0.3 is 0 Å². The van der Waals surface area contributed by atoms with E-state index in [1.54, 1.807) is 6.07 Å². The van der Waals surface area contributed by atoms with Crippen LogP contribution in [-0.2, 0) is 14.4 Å². The molecule has 0 spiro atoms. The highest BCUT2D eigenvalue weighted by molar-refractivity contribution is 6.27. The Balaban J connectivity index is 1.72. The smallest absolute Gasteiger partial charge is 0.268 e. The van der Waals surface area contributed by atoms with Gasteiger partial charge in [0, 0.05) is 17.4 Å². The third kappa shape index (κ3) is 5.79. The van der Waals surface area contributed by atoms with Crippen molar-refractivity contribution in [1.29, 1.82) is 0 Å². The minimum absolute atomic E-state index is 0.0213. The zero-order valence-electron chi connectivity index (χ0n) is 18.1. The monoisotopic (exact) mass is 461 g/mol. The summed E-state index contributed by atoms with van der Waals surface area (Å²) >= 11 is 5.70. The third-order valence-electron chi connectivity index (χ3n) is 5.33. The van der Waals surface area contributed by atoms with Gasteiger partial charge in [-0.1, -0.05) is 32.0 Å². The van der Waals surface area contributed by atoms with Crippen molar-refractivity contribution < 1.29 is 19.2 Å². The van der Waals surface area contributed by atoms with Crippen LogP contribution in [0.15, 0.2) is 30.3 Å². The van der Waals surface area contributed by atoms with Crippen molar-refractivity contribution in [3.05, 3.63) is 36.0 Å².